The van der Waals surface area contributed by atoms with E-state index in [2.05, 4.69) is 162 Å². The van der Waals surface area contributed by atoms with Crippen LogP contribution in [0.2, 0.25) is 0 Å². The Hall–Kier alpha value is -5.71. The van der Waals surface area contributed by atoms with Crippen LogP contribution >= 0.6 is 11.3 Å². The Morgan fingerprint density at radius 2 is 0.939 bits per heavy atom. The molecule has 0 spiro atoms. The summed E-state index contributed by atoms with van der Waals surface area (Å²) in [6.45, 7) is 2.14. The summed E-state index contributed by atoms with van der Waals surface area (Å²) < 4.78 is 16.0. The van der Waals surface area contributed by atoms with Crippen molar-refractivity contribution in [2.75, 3.05) is 16.8 Å². The summed E-state index contributed by atoms with van der Waals surface area (Å²) in [5.41, 5.74) is 10.4. The van der Waals surface area contributed by atoms with E-state index in [0.717, 1.165) is 28.4 Å². The van der Waals surface area contributed by atoms with Crippen molar-refractivity contribution in [1.29, 1.82) is 0 Å². The number of anilines is 5. The monoisotopic (exact) mass is 654 g/mol. The fourth-order valence-corrected chi connectivity index (χ4v) is 7.91. The number of fused-ring (bicyclic) bond motifs is 3. The summed E-state index contributed by atoms with van der Waals surface area (Å²) in [6, 6.07) is 59.3. The molecule has 8 rings (SSSR count). The average Bonchev–Trinajstić information content (AvgIpc) is 3.51. The average molecular weight is 655 g/mol. The van der Waals surface area contributed by atoms with Gasteiger partial charge in [-0.05, 0) is 96.4 Å². The summed E-state index contributed by atoms with van der Waals surface area (Å²) in [7, 11) is 2.02. The highest BCUT2D eigenvalue weighted by Crippen LogP contribution is 2.42. The zero-order valence-electron chi connectivity index (χ0n) is 27.4. The van der Waals surface area contributed by atoms with Crippen molar-refractivity contribution in [3.63, 3.8) is 0 Å². The molecule has 7 aromatic carbocycles. The maximum atomic E-state index is 13.6. The van der Waals surface area contributed by atoms with Crippen molar-refractivity contribution in [1.82, 2.24) is 0 Å². The number of para-hydroxylation sites is 1. The lowest BCUT2D eigenvalue weighted by Crippen LogP contribution is -2.10. The molecular weight excluding hydrogens is 620 g/mol. The predicted octanol–water partition coefficient (Wildman–Crippen LogP) is 12.9. The Bertz CT molecular complexity index is 2350. The Morgan fingerprint density at radius 3 is 1.57 bits per heavy atom. The lowest BCUT2D eigenvalue weighted by atomic mass is 9.85. The Labute approximate surface area is 291 Å². The first kappa shape index (κ1) is 30.6. The number of aryl methyl sites for hydroxylation is 1. The summed E-state index contributed by atoms with van der Waals surface area (Å²) in [6.07, 6.45) is 0. The van der Waals surface area contributed by atoms with Gasteiger partial charge in [-0.15, -0.1) is 11.3 Å². The van der Waals surface area contributed by atoms with Crippen molar-refractivity contribution >= 4 is 59.9 Å². The fourth-order valence-electron chi connectivity index (χ4n) is 6.74. The molecule has 2 nitrogen and oxygen atoms in total. The number of hydrogen-bond donors (Lipinski definition) is 0. The van der Waals surface area contributed by atoms with Gasteiger partial charge in [0.15, 0.2) is 0 Å². The van der Waals surface area contributed by atoms with Gasteiger partial charge >= 0.3 is 0 Å². The van der Waals surface area contributed by atoms with Crippen LogP contribution in [0.3, 0.4) is 0 Å². The lowest BCUT2D eigenvalue weighted by molar-refractivity contribution is 0.628. The van der Waals surface area contributed by atoms with Crippen LogP contribution in [-0.2, 0) is 0 Å². The molecule has 0 amide bonds. The van der Waals surface area contributed by atoms with Gasteiger partial charge in [-0.2, -0.15) is 0 Å². The first-order valence-electron chi connectivity index (χ1n) is 16.5. The highest BCUT2D eigenvalue weighted by atomic mass is 32.1. The SMILES string of the molecule is Cc1ccc(C(c2ccccc2)c2ccc(N(c3ccccc3)c3ccc4c(c3)sc3cc(N(C)c5ccc(F)cc5)ccc34)cc2)cc1. The third-order valence-corrected chi connectivity index (χ3v) is 10.5. The largest absolute Gasteiger partial charge is 0.345 e. The van der Waals surface area contributed by atoms with Gasteiger partial charge in [0.25, 0.3) is 0 Å². The second kappa shape index (κ2) is 13.1. The minimum Gasteiger partial charge on any atom is -0.345 e. The van der Waals surface area contributed by atoms with Crippen LogP contribution in [-0.4, -0.2) is 7.05 Å². The van der Waals surface area contributed by atoms with Crippen LogP contribution in [0.1, 0.15) is 28.2 Å². The maximum Gasteiger partial charge on any atom is 0.123 e. The van der Waals surface area contributed by atoms with Crippen LogP contribution in [0, 0.1) is 12.7 Å². The summed E-state index contributed by atoms with van der Waals surface area (Å²) in [4.78, 5) is 4.43. The molecule has 0 fully saturated rings. The number of halogens is 1. The van der Waals surface area contributed by atoms with Crippen LogP contribution in [0.4, 0.5) is 32.8 Å². The summed E-state index contributed by atoms with van der Waals surface area (Å²) in [5.74, 6) is -0.0880. The molecule has 0 aliphatic rings. The van der Waals surface area contributed by atoms with E-state index in [1.807, 2.05) is 19.2 Å². The van der Waals surface area contributed by atoms with Crippen LogP contribution in [0.25, 0.3) is 20.2 Å². The lowest BCUT2D eigenvalue weighted by Gasteiger charge is -2.26. The van der Waals surface area contributed by atoms with E-state index in [1.54, 1.807) is 11.3 Å². The molecule has 0 aliphatic carbocycles. The van der Waals surface area contributed by atoms with Gasteiger partial charge in [-0.1, -0.05) is 103 Å². The van der Waals surface area contributed by atoms with Crippen LogP contribution in [0.5, 0.6) is 0 Å². The van der Waals surface area contributed by atoms with Gasteiger partial charge in [-0.3, -0.25) is 0 Å². The molecule has 0 bridgehead atoms. The van der Waals surface area contributed by atoms with Crippen molar-refractivity contribution in [3.8, 4) is 0 Å². The number of hydrogen-bond acceptors (Lipinski definition) is 3. The normalized spacial score (nSPS) is 11.9. The van der Waals surface area contributed by atoms with E-state index >= 15 is 0 Å². The third-order valence-electron chi connectivity index (χ3n) is 9.34. The summed E-state index contributed by atoms with van der Waals surface area (Å²) in [5, 5.41) is 2.48. The van der Waals surface area contributed by atoms with E-state index in [9.17, 15) is 4.39 Å². The predicted molar refractivity (Wildman–Crippen MR) is 207 cm³/mol. The van der Waals surface area contributed by atoms with Gasteiger partial charge < -0.3 is 9.80 Å². The molecule has 0 N–H and O–H groups in total. The van der Waals surface area contributed by atoms with Crippen LogP contribution < -0.4 is 9.80 Å². The second-order valence-corrected chi connectivity index (χ2v) is 13.6. The van der Waals surface area contributed by atoms with Crippen molar-refractivity contribution in [3.05, 3.63) is 198 Å². The van der Waals surface area contributed by atoms with Gasteiger partial charge in [0.2, 0.25) is 0 Å². The highest BCUT2D eigenvalue weighted by Gasteiger charge is 2.19. The van der Waals surface area contributed by atoms with Gasteiger partial charge in [0.1, 0.15) is 5.82 Å². The molecule has 1 aromatic heterocycles. The van der Waals surface area contributed by atoms with Crippen molar-refractivity contribution < 1.29 is 4.39 Å². The molecule has 4 heteroatoms. The molecule has 1 heterocycles. The van der Waals surface area contributed by atoms with Crippen molar-refractivity contribution in [2.24, 2.45) is 0 Å². The minimum atomic E-state index is -0.230. The number of thiophene rings is 1. The van der Waals surface area contributed by atoms with Crippen LogP contribution in [0.15, 0.2) is 170 Å². The smallest absolute Gasteiger partial charge is 0.123 e. The minimum absolute atomic E-state index is 0.142. The van der Waals surface area contributed by atoms with Gasteiger partial charge in [-0.25, -0.2) is 4.39 Å². The Balaban J connectivity index is 1.17. The molecule has 1 atom stereocenters. The Kier molecular flexibility index (Phi) is 8.16. The van der Waals surface area contributed by atoms with E-state index in [1.165, 1.54) is 54.6 Å². The quantitative estimate of drug-likeness (QED) is 0.150. The number of rotatable bonds is 8. The zero-order valence-corrected chi connectivity index (χ0v) is 28.2. The molecule has 1 unspecified atom stereocenters. The first-order chi connectivity index (χ1) is 24.0. The van der Waals surface area contributed by atoms with Crippen molar-refractivity contribution in [2.45, 2.75) is 12.8 Å². The molecule has 49 heavy (non-hydrogen) atoms. The molecular formula is C45H35FN2S. The van der Waals surface area contributed by atoms with E-state index in [-0.39, 0.29) is 11.7 Å². The van der Waals surface area contributed by atoms with Gasteiger partial charge in [0.05, 0.1) is 0 Å². The van der Waals surface area contributed by atoms with E-state index in [0.29, 0.717) is 0 Å². The fraction of sp³-hybridized carbons (Fsp3) is 0.0667. The second-order valence-electron chi connectivity index (χ2n) is 12.5. The van der Waals surface area contributed by atoms with E-state index in [4.69, 9.17) is 0 Å². The highest BCUT2D eigenvalue weighted by molar-refractivity contribution is 7.25. The molecule has 0 radical (unpaired) electrons. The molecule has 238 valence electrons. The summed E-state index contributed by atoms with van der Waals surface area (Å²) >= 11 is 1.80. The number of nitrogens with zero attached hydrogens (tertiary/aromatic N) is 2. The van der Waals surface area contributed by atoms with Gasteiger partial charge in [0, 0.05) is 61.6 Å². The molecule has 0 aliphatic heterocycles. The molecule has 0 saturated carbocycles. The first-order valence-corrected chi connectivity index (χ1v) is 17.4. The molecule has 0 saturated heterocycles. The zero-order chi connectivity index (χ0) is 33.3. The topological polar surface area (TPSA) is 6.48 Å². The third kappa shape index (κ3) is 6.08. The maximum absolute atomic E-state index is 13.6. The number of benzene rings is 7. The Morgan fingerprint density at radius 1 is 0.469 bits per heavy atom. The molecule has 8 aromatic rings. The van der Waals surface area contributed by atoms with E-state index < -0.39 is 0 Å². The standard InChI is InChI=1S/C45H35FN2S/c1-31-13-15-33(16-14-31)45(32-9-5-3-6-10-32)34-17-21-38(22-18-34)48(37-11-7-4-8-12-37)40-26-28-42-41-27-25-39(29-43(41)49-44(42)30-40)47(2)36-23-19-35(46)20-24-36/h3-30,45H,1-2H3.